The number of nitrogens with one attached hydrogen (secondary N) is 2. The van der Waals surface area contributed by atoms with Gasteiger partial charge in [0.2, 0.25) is 11.5 Å². The first-order valence-electron chi connectivity index (χ1n) is 6.67. The first-order valence-corrected chi connectivity index (χ1v) is 7.55. The lowest BCUT2D eigenvalue weighted by Crippen LogP contribution is -2.30. The summed E-state index contributed by atoms with van der Waals surface area (Å²) < 4.78 is 1.86. The normalized spacial score (nSPS) is 12.4. The van der Waals surface area contributed by atoms with Crippen molar-refractivity contribution in [1.29, 1.82) is 0 Å². The number of carbonyl (C=O) groups is 1. The van der Waals surface area contributed by atoms with Gasteiger partial charge in [-0.2, -0.15) is 0 Å². The maximum atomic E-state index is 11.9. The van der Waals surface area contributed by atoms with E-state index in [1.54, 1.807) is 18.3 Å². The van der Waals surface area contributed by atoms with Crippen molar-refractivity contribution in [3.8, 4) is 0 Å². The van der Waals surface area contributed by atoms with E-state index in [1.807, 2.05) is 16.0 Å². The summed E-state index contributed by atoms with van der Waals surface area (Å²) in [6, 6.07) is 4.51. The predicted octanol–water partition coefficient (Wildman–Crippen LogP) is 0.476. The van der Waals surface area contributed by atoms with E-state index in [4.69, 9.17) is 0 Å². The number of hydrogen-bond donors (Lipinski definition) is 3. The molecule has 0 aliphatic carbocycles. The van der Waals surface area contributed by atoms with Crippen LogP contribution in [0.2, 0.25) is 0 Å². The Hall–Kier alpha value is -2.45. The van der Waals surface area contributed by atoms with Crippen LogP contribution in [0.5, 0.6) is 0 Å². The van der Waals surface area contributed by atoms with Gasteiger partial charge in [0.1, 0.15) is 6.10 Å². The number of imidazole rings is 1. The highest BCUT2D eigenvalue weighted by Crippen LogP contribution is 2.12. The molecule has 3 rings (SSSR count). The number of aliphatic hydroxyl groups excluding tert-OH is 1. The maximum absolute atomic E-state index is 11.9. The Morgan fingerprint density at radius 2 is 2.36 bits per heavy atom. The van der Waals surface area contributed by atoms with E-state index < -0.39 is 6.10 Å². The van der Waals surface area contributed by atoms with Crippen LogP contribution in [0, 0.1) is 0 Å². The number of aromatic amines is 1. The monoisotopic (exact) mass is 318 g/mol. The van der Waals surface area contributed by atoms with Gasteiger partial charge in [-0.15, -0.1) is 11.3 Å². The van der Waals surface area contributed by atoms with Crippen LogP contribution < -0.4 is 10.9 Å². The van der Waals surface area contributed by atoms with Gasteiger partial charge in [-0.25, -0.2) is 4.98 Å². The zero-order valence-electron chi connectivity index (χ0n) is 11.5. The molecule has 0 aliphatic heterocycles. The third-order valence-electron chi connectivity index (χ3n) is 3.13. The molecule has 0 aromatic carbocycles. The van der Waals surface area contributed by atoms with E-state index in [0.29, 0.717) is 11.4 Å². The molecular weight excluding hydrogens is 304 g/mol. The molecule has 3 heterocycles. The highest BCUT2D eigenvalue weighted by Gasteiger charge is 2.12. The number of hydrogen-bond acceptors (Lipinski definition) is 5. The molecule has 0 spiro atoms. The van der Waals surface area contributed by atoms with Crippen molar-refractivity contribution >= 4 is 22.2 Å². The number of H-pyrrole nitrogens is 1. The SMILES string of the molecule is O=C(Cc1cn2ccsc2n1)NCC(O)c1cccc(=O)[nH]1. The molecule has 0 bridgehead atoms. The van der Waals surface area contributed by atoms with Crippen molar-refractivity contribution in [3.63, 3.8) is 0 Å². The number of carbonyl (C=O) groups excluding carboxylic acids is 1. The van der Waals surface area contributed by atoms with E-state index in [1.165, 1.54) is 17.4 Å². The first kappa shape index (κ1) is 14.5. The second kappa shape index (κ2) is 6.12. The summed E-state index contributed by atoms with van der Waals surface area (Å²) in [4.78, 5) is 30.7. The van der Waals surface area contributed by atoms with Gasteiger partial charge >= 0.3 is 0 Å². The average molecular weight is 318 g/mol. The molecule has 0 aliphatic rings. The molecule has 1 unspecified atom stereocenters. The highest BCUT2D eigenvalue weighted by atomic mass is 32.1. The van der Waals surface area contributed by atoms with Crippen LogP contribution in [0.15, 0.2) is 40.8 Å². The number of pyridine rings is 1. The van der Waals surface area contributed by atoms with Crippen LogP contribution in [-0.2, 0) is 11.2 Å². The molecule has 0 saturated heterocycles. The molecule has 0 fully saturated rings. The summed E-state index contributed by atoms with van der Waals surface area (Å²) in [5, 5.41) is 14.5. The molecule has 1 amide bonds. The van der Waals surface area contributed by atoms with E-state index in [0.717, 1.165) is 4.96 Å². The van der Waals surface area contributed by atoms with E-state index in [-0.39, 0.29) is 24.4 Å². The molecule has 3 aromatic heterocycles. The molecule has 114 valence electrons. The fourth-order valence-electron chi connectivity index (χ4n) is 2.07. The van der Waals surface area contributed by atoms with E-state index >= 15 is 0 Å². The number of aliphatic hydroxyl groups is 1. The Bertz CT molecular complexity index is 822. The smallest absolute Gasteiger partial charge is 0.248 e. The molecule has 3 N–H and O–H groups in total. The third kappa shape index (κ3) is 3.23. The second-order valence-electron chi connectivity index (χ2n) is 4.79. The zero-order chi connectivity index (χ0) is 15.5. The van der Waals surface area contributed by atoms with Crippen molar-refractivity contribution in [2.45, 2.75) is 12.5 Å². The molecule has 0 saturated carbocycles. The van der Waals surface area contributed by atoms with Crippen LogP contribution in [0.1, 0.15) is 17.5 Å². The highest BCUT2D eigenvalue weighted by molar-refractivity contribution is 7.15. The summed E-state index contributed by atoms with van der Waals surface area (Å²) in [7, 11) is 0. The van der Waals surface area contributed by atoms with Gasteiger partial charge in [0.15, 0.2) is 4.96 Å². The Morgan fingerprint density at radius 1 is 1.50 bits per heavy atom. The number of nitrogens with zero attached hydrogens (tertiary/aromatic N) is 2. The van der Waals surface area contributed by atoms with Crippen LogP contribution in [0.3, 0.4) is 0 Å². The van der Waals surface area contributed by atoms with Crippen molar-refractivity contribution in [1.82, 2.24) is 19.7 Å². The third-order valence-corrected chi connectivity index (χ3v) is 3.90. The topological polar surface area (TPSA) is 99.5 Å². The number of aromatic nitrogens is 3. The molecule has 22 heavy (non-hydrogen) atoms. The summed E-state index contributed by atoms with van der Waals surface area (Å²) >= 11 is 1.50. The Morgan fingerprint density at radius 3 is 3.14 bits per heavy atom. The number of fused-ring (bicyclic) bond motifs is 1. The summed E-state index contributed by atoms with van der Waals surface area (Å²) in [6.45, 7) is 0.0288. The van der Waals surface area contributed by atoms with E-state index in [9.17, 15) is 14.7 Å². The van der Waals surface area contributed by atoms with Gasteiger partial charge in [0.05, 0.1) is 12.1 Å². The van der Waals surface area contributed by atoms with Crippen molar-refractivity contribution in [2.24, 2.45) is 0 Å². The van der Waals surface area contributed by atoms with Gasteiger partial charge in [-0.05, 0) is 6.07 Å². The number of amides is 1. The van der Waals surface area contributed by atoms with E-state index in [2.05, 4.69) is 15.3 Å². The van der Waals surface area contributed by atoms with Crippen LogP contribution >= 0.6 is 11.3 Å². The zero-order valence-corrected chi connectivity index (χ0v) is 12.3. The van der Waals surface area contributed by atoms with Gasteiger partial charge in [-0.1, -0.05) is 6.07 Å². The molecule has 3 aromatic rings. The summed E-state index contributed by atoms with van der Waals surface area (Å²) in [6.07, 6.45) is 2.87. The van der Waals surface area contributed by atoms with Gasteiger partial charge < -0.3 is 15.4 Å². The Kier molecular flexibility index (Phi) is 4.03. The lowest BCUT2D eigenvalue weighted by Gasteiger charge is -2.11. The number of rotatable bonds is 5. The maximum Gasteiger partial charge on any atom is 0.248 e. The van der Waals surface area contributed by atoms with Crippen LogP contribution in [0.25, 0.3) is 4.96 Å². The van der Waals surface area contributed by atoms with Gasteiger partial charge in [-0.3, -0.25) is 14.0 Å². The lowest BCUT2D eigenvalue weighted by atomic mass is 10.2. The number of thiazole rings is 1. The van der Waals surface area contributed by atoms with Crippen molar-refractivity contribution < 1.29 is 9.90 Å². The largest absolute Gasteiger partial charge is 0.385 e. The van der Waals surface area contributed by atoms with Gasteiger partial charge in [0.25, 0.3) is 0 Å². The second-order valence-corrected chi connectivity index (χ2v) is 5.67. The quantitative estimate of drug-likeness (QED) is 0.637. The van der Waals surface area contributed by atoms with Crippen LogP contribution in [0.4, 0.5) is 0 Å². The molecule has 0 radical (unpaired) electrons. The minimum atomic E-state index is -0.955. The summed E-state index contributed by atoms with van der Waals surface area (Å²) in [5.41, 5.74) is 0.753. The molecule has 1 atom stereocenters. The minimum absolute atomic E-state index is 0.0288. The minimum Gasteiger partial charge on any atom is -0.385 e. The Labute approximate surface area is 129 Å². The predicted molar refractivity (Wildman–Crippen MR) is 81.8 cm³/mol. The fourth-order valence-corrected chi connectivity index (χ4v) is 2.79. The molecular formula is C14H14N4O3S. The standard InChI is InChI=1S/C14H14N4O3S/c19-11(10-2-1-3-12(20)17-10)7-15-13(21)6-9-8-18-4-5-22-14(18)16-9/h1-5,8,11,19H,6-7H2,(H,15,21)(H,17,20). The van der Waals surface area contributed by atoms with Crippen molar-refractivity contribution in [2.75, 3.05) is 6.54 Å². The Balaban J connectivity index is 1.55. The van der Waals surface area contributed by atoms with Crippen LogP contribution in [-0.4, -0.2) is 31.9 Å². The van der Waals surface area contributed by atoms with Gasteiger partial charge in [0, 0.05) is 36.1 Å². The fraction of sp³-hybridized carbons (Fsp3) is 0.214. The first-order chi connectivity index (χ1) is 10.6. The lowest BCUT2D eigenvalue weighted by molar-refractivity contribution is -0.120. The van der Waals surface area contributed by atoms with Crippen molar-refractivity contribution in [3.05, 3.63) is 57.7 Å². The molecule has 7 nitrogen and oxygen atoms in total. The average Bonchev–Trinajstić information content (AvgIpc) is 3.06. The molecule has 8 heteroatoms. The summed E-state index contributed by atoms with van der Waals surface area (Å²) in [5.74, 6) is -0.233.